The van der Waals surface area contributed by atoms with Gasteiger partial charge in [0.05, 0.1) is 11.1 Å². The summed E-state index contributed by atoms with van der Waals surface area (Å²) >= 11 is 0. The molecule has 5 aromatic carbocycles. The Hall–Kier alpha value is -8.48. The van der Waals surface area contributed by atoms with Crippen LogP contribution in [0.1, 0.15) is 63.3 Å². The van der Waals surface area contributed by atoms with Crippen LogP contribution in [0, 0.1) is 0 Å². The van der Waals surface area contributed by atoms with Crippen molar-refractivity contribution < 1.29 is 9.13 Å². The summed E-state index contributed by atoms with van der Waals surface area (Å²) in [7, 11) is 8.55. The fourth-order valence-electron chi connectivity index (χ4n) is 11.6. The number of aryl methyl sites for hydroxylation is 6. The summed E-state index contributed by atoms with van der Waals surface area (Å²) in [6.07, 6.45) is 29.4. The van der Waals surface area contributed by atoms with E-state index in [4.69, 9.17) is 0 Å². The Morgan fingerprint density at radius 2 is 0.676 bits per heavy atom. The van der Waals surface area contributed by atoms with Crippen LogP contribution in [0.4, 0.5) is 0 Å². The summed E-state index contributed by atoms with van der Waals surface area (Å²) in [5, 5.41) is 5.04. The van der Waals surface area contributed by atoms with E-state index >= 15 is 0 Å². The van der Waals surface area contributed by atoms with E-state index in [1.165, 1.54) is 122 Å². The number of hydrogen-bond donors (Lipinski definition) is 0. The molecule has 2 aliphatic rings. The molecule has 0 radical (unpaired) electrons. The second-order valence-corrected chi connectivity index (χ2v) is 19.3. The van der Waals surface area contributed by atoms with E-state index in [2.05, 4.69) is 262 Å². The molecule has 0 atom stereocenters. The van der Waals surface area contributed by atoms with Crippen molar-refractivity contribution in [2.24, 2.45) is 28.2 Å². The highest BCUT2D eigenvalue weighted by Crippen LogP contribution is 2.41. The molecule has 0 saturated carbocycles. The van der Waals surface area contributed by atoms with Crippen molar-refractivity contribution in [2.75, 3.05) is 0 Å². The monoisotopic (exact) mass is 922 g/mol. The Kier molecular flexibility index (Phi) is 10.8. The molecule has 13 rings (SSSR count). The molecule has 346 valence electrons. The van der Waals surface area contributed by atoms with Gasteiger partial charge in [-0.1, -0.05) is 117 Å². The number of pyridine rings is 2. The van der Waals surface area contributed by atoms with E-state index in [0.29, 0.717) is 0 Å². The van der Waals surface area contributed by atoms with Crippen molar-refractivity contribution in [2.45, 2.75) is 33.4 Å². The summed E-state index contributed by atoms with van der Waals surface area (Å²) in [5.41, 5.74) is 22.5. The van der Waals surface area contributed by atoms with E-state index in [9.17, 15) is 0 Å². The number of hydrogen-bond acceptors (Lipinski definition) is 0. The fourth-order valence-corrected chi connectivity index (χ4v) is 11.6. The molecular formula is C65H58N6+2. The van der Waals surface area contributed by atoms with E-state index < -0.39 is 0 Å². The molecule has 0 amide bonds. The molecule has 0 aliphatic carbocycles. The van der Waals surface area contributed by atoms with Gasteiger partial charge in [-0.2, -0.15) is 9.13 Å². The van der Waals surface area contributed by atoms with Gasteiger partial charge in [-0.05, 0) is 69.8 Å². The largest absolute Gasteiger partial charge is 0.350 e. The van der Waals surface area contributed by atoms with Gasteiger partial charge in [-0.25, -0.2) is 0 Å². The molecule has 0 N–H and O–H groups in total. The first-order chi connectivity index (χ1) is 34.3. The van der Waals surface area contributed by atoms with E-state index in [1.54, 1.807) is 0 Å². The van der Waals surface area contributed by atoms with Crippen LogP contribution in [-0.4, -0.2) is 18.3 Å². The Labute approximate surface area is 415 Å². The van der Waals surface area contributed by atoms with Gasteiger partial charge in [0.15, 0.2) is 13.1 Å². The SMILES string of the molecule is C.Cn1cc(/C=C/c2cc(/C=C/c3cn(C)c4ccccc34)[n+]3c(c2)-c2c(ccc4c2-c2cc(/C=C/c5cn(C)c6ccccc56)cc(/C=C/c5cn(C)c6ccccc56)[n+]2CC4)CC3)c2ccccc21. The molecule has 6 nitrogen and oxygen atoms in total. The molecule has 6 aromatic heterocycles. The van der Waals surface area contributed by atoms with Gasteiger partial charge < -0.3 is 18.3 Å². The number of nitrogens with zero attached hydrogens (tertiary/aromatic N) is 6. The molecule has 8 heterocycles. The third-order valence-corrected chi connectivity index (χ3v) is 15.0. The molecule has 0 fully saturated rings. The molecule has 0 bridgehead atoms. The van der Waals surface area contributed by atoms with Crippen LogP contribution in [0.2, 0.25) is 0 Å². The highest BCUT2D eigenvalue weighted by Gasteiger charge is 2.36. The summed E-state index contributed by atoms with van der Waals surface area (Å²) in [6, 6.07) is 49.2. The standard InChI is InChI=1S/C64H54N6.CH4/c1-65-39-47(53-13-5-9-17-57(53)65)23-21-43-35-51(29-27-49-41-67(3)59-19-11-7-15-55(49)59)69-33-31-45-25-26-46-32-34-70-52(30-28-50-42-68(4)60-20-12-8-16-56(50)60)36-44(38-62(70)64(46)63(45)61(69)37-43)22-24-48-40-66(2)58-18-10-6-14-54(48)58;/h5-30,35-42H,31-34H2,1-4H3;1H4/q+2;. The molecule has 6 heteroatoms. The first kappa shape index (κ1) is 43.8. The second-order valence-electron chi connectivity index (χ2n) is 19.3. The van der Waals surface area contributed by atoms with Crippen LogP contribution >= 0.6 is 0 Å². The zero-order valence-electron chi connectivity index (χ0n) is 40.1. The Morgan fingerprint density at radius 3 is 1.01 bits per heavy atom. The molecule has 71 heavy (non-hydrogen) atoms. The predicted molar refractivity (Wildman–Crippen MR) is 299 cm³/mol. The van der Waals surface area contributed by atoms with Crippen LogP contribution in [0.5, 0.6) is 0 Å². The summed E-state index contributed by atoms with van der Waals surface area (Å²) in [6.45, 7) is 1.80. The quantitative estimate of drug-likeness (QED) is 0.136. The maximum Gasteiger partial charge on any atom is 0.214 e. The van der Waals surface area contributed by atoms with Gasteiger partial charge in [0.1, 0.15) is 0 Å². The topological polar surface area (TPSA) is 27.5 Å². The van der Waals surface area contributed by atoms with Crippen molar-refractivity contribution in [1.29, 1.82) is 0 Å². The van der Waals surface area contributed by atoms with Crippen LogP contribution in [-0.2, 0) is 54.1 Å². The van der Waals surface area contributed by atoms with Crippen molar-refractivity contribution in [3.63, 3.8) is 0 Å². The van der Waals surface area contributed by atoms with Crippen molar-refractivity contribution in [3.05, 3.63) is 214 Å². The van der Waals surface area contributed by atoms with Gasteiger partial charge >= 0.3 is 0 Å². The highest BCUT2D eigenvalue weighted by atomic mass is 15.0. The average Bonchev–Trinajstić information content (AvgIpc) is 4.11. The maximum absolute atomic E-state index is 2.57. The van der Waals surface area contributed by atoms with E-state index in [0.717, 1.165) is 25.9 Å². The third kappa shape index (κ3) is 7.50. The molecule has 0 spiro atoms. The van der Waals surface area contributed by atoms with Crippen molar-refractivity contribution >= 4 is 92.2 Å². The second kappa shape index (κ2) is 17.5. The zero-order valence-corrected chi connectivity index (χ0v) is 40.1. The lowest BCUT2D eigenvalue weighted by Gasteiger charge is -2.24. The van der Waals surface area contributed by atoms with Crippen LogP contribution in [0.15, 0.2) is 158 Å². The fraction of sp³-hybridized carbons (Fsp3) is 0.138. The number of benzene rings is 5. The van der Waals surface area contributed by atoms with E-state index in [1.807, 2.05) is 0 Å². The molecule has 11 aromatic rings. The Morgan fingerprint density at radius 1 is 0.366 bits per heavy atom. The Balaban J connectivity index is 0.00000517. The minimum atomic E-state index is 0. The minimum absolute atomic E-state index is 0. The smallest absolute Gasteiger partial charge is 0.214 e. The summed E-state index contributed by atoms with van der Waals surface area (Å²) in [4.78, 5) is 0. The average molecular weight is 923 g/mol. The van der Waals surface area contributed by atoms with Crippen molar-refractivity contribution in [3.8, 4) is 22.5 Å². The molecule has 0 saturated heterocycles. The third-order valence-electron chi connectivity index (χ3n) is 15.0. The van der Waals surface area contributed by atoms with Crippen LogP contribution in [0.25, 0.3) is 115 Å². The van der Waals surface area contributed by atoms with Gasteiger partial charge in [0, 0.05) is 157 Å². The Bertz CT molecular complexity index is 3800. The maximum atomic E-state index is 2.57. The summed E-state index contributed by atoms with van der Waals surface area (Å²) in [5.74, 6) is 0. The van der Waals surface area contributed by atoms with Crippen LogP contribution in [0.3, 0.4) is 0 Å². The first-order valence-corrected chi connectivity index (χ1v) is 24.5. The lowest BCUT2D eigenvalue weighted by Crippen LogP contribution is -2.46. The number of aromatic nitrogens is 6. The van der Waals surface area contributed by atoms with E-state index in [-0.39, 0.29) is 7.43 Å². The van der Waals surface area contributed by atoms with Crippen molar-refractivity contribution in [1.82, 2.24) is 18.3 Å². The lowest BCUT2D eigenvalue weighted by molar-refractivity contribution is -0.691. The normalized spacial score (nSPS) is 13.4. The number of para-hydroxylation sites is 4. The van der Waals surface area contributed by atoms with Gasteiger partial charge in [0.2, 0.25) is 22.8 Å². The molecule has 2 aliphatic heterocycles. The predicted octanol–water partition coefficient (Wildman–Crippen LogP) is 14.0. The number of rotatable bonds is 8. The first-order valence-electron chi connectivity index (χ1n) is 24.5. The highest BCUT2D eigenvalue weighted by molar-refractivity contribution is 5.96. The van der Waals surface area contributed by atoms with Crippen LogP contribution < -0.4 is 9.13 Å². The van der Waals surface area contributed by atoms with Gasteiger partial charge in [0.25, 0.3) is 0 Å². The number of fused-ring (bicyclic) bond motifs is 11. The van der Waals surface area contributed by atoms with Gasteiger partial charge in [-0.3, -0.25) is 0 Å². The zero-order chi connectivity index (χ0) is 47.0. The summed E-state index contributed by atoms with van der Waals surface area (Å²) < 4.78 is 14.1. The lowest BCUT2D eigenvalue weighted by atomic mass is 9.84. The molecule has 0 unspecified atom stereocenters. The minimum Gasteiger partial charge on any atom is -0.350 e. The van der Waals surface area contributed by atoms with Gasteiger partial charge in [-0.15, -0.1) is 0 Å². The molecular weight excluding hydrogens is 865 g/mol.